The van der Waals surface area contributed by atoms with E-state index in [1.54, 1.807) is 0 Å². The maximum Gasteiger partial charge on any atom is 0.461 e. The highest BCUT2D eigenvalue weighted by Gasteiger charge is 2.44. The molecule has 0 saturated heterocycles. The molecule has 14 heteroatoms. The van der Waals surface area contributed by atoms with Crippen LogP contribution in [-0.4, -0.2) is 18.4 Å². The molecule has 4 nitrogen and oxygen atoms in total. The van der Waals surface area contributed by atoms with Crippen LogP contribution in [0.3, 0.4) is 0 Å². The number of hydrogen-bond acceptors (Lipinski definition) is 3. The van der Waals surface area contributed by atoms with Crippen LogP contribution in [0.15, 0.2) is 84.9 Å². The quantitative estimate of drug-likeness (QED) is 0.205. The Labute approximate surface area is 249 Å². The molecule has 1 N–H and O–H groups in total. The van der Waals surface area contributed by atoms with Crippen molar-refractivity contribution in [1.29, 1.82) is 5.26 Å². The summed E-state index contributed by atoms with van der Waals surface area (Å²) in [5.74, 6) is -6.45. The van der Waals surface area contributed by atoms with Crippen LogP contribution in [0, 0.1) is 35.7 Å². The molecule has 0 aliphatic rings. The summed E-state index contributed by atoms with van der Waals surface area (Å²) in [5, 5.41) is 11.3. The van der Waals surface area contributed by atoms with Gasteiger partial charge in [0.25, 0.3) is 5.91 Å². The molecule has 0 aliphatic carbocycles. The molecule has 0 bridgehead atoms. The summed E-state index contributed by atoms with van der Waals surface area (Å²) in [6, 6.07) is 15.5. The van der Waals surface area contributed by atoms with Crippen molar-refractivity contribution in [2.24, 2.45) is 0 Å². The second kappa shape index (κ2) is 14.1. The number of amides is 1. The fourth-order valence-electron chi connectivity index (χ4n) is 3.81. The highest BCUT2D eigenvalue weighted by Crippen LogP contribution is 2.34. The molecule has 45 heavy (non-hydrogen) atoms. The van der Waals surface area contributed by atoms with Crippen LogP contribution < -0.4 is 10.1 Å². The fourth-order valence-corrected chi connectivity index (χ4v) is 3.81. The van der Waals surface area contributed by atoms with Crippen molar-refractivity contribution in [1.82, 2.24) is 5.32 Å². The van der Waals surface area contributed by atoms with E-state index in [9.17, 15) is 48.7 Å². The van der Waals surface area contributed by atoms with Crippen molar-refractivity contribution >= 4 is 5.91 Å². The van der Waals surface area contributed by atoms with Gasteiger partial charge in [0.05, 0.1) is 17.2 Å². The molecule has 0 spiro atoms. The molecule has 1 atom stereocenters. The zero-order chi connectivity index (χ0) is 33.5. The lowest BCUT2D eigenvalue weighted by Gasteiger charge is -2.23. The van der Waals surface area contributed by atoms with Gasteiger partial charge in [-0.15, -0.1) is 0 Å². The van der Waals surface area contributed by atoms with E-state index in [1.165, 1.54) is 11.6 Å². The maximum absolute atomic E-state index is 14.3. The predicted octanol–water partition coefficient (Wildman–Crippen LogP) is 8.75. The third-order valence-electron chi connectivity index (χ3n) is 5.93. The summed E-state index contributed by atoms with van der Waals surface area (Å²) >= 11 is 0. The lowest BCUT2D eigenvalue weighted by atomic mass is 9.96. The smallest absolute Gasteiger partial charge is 0.428 e. The van der Waals surface area contributed by atoms with Crippen LogP contribution in [0.4, 0.5) is 43.9 Å². The highest BCUT2D eigenvalue weighted by atomic mass is 19.4. The molecule has 0 unspecified atom stereocenters. The second-order valence-electron chi connectivity index (χ2n) is 9.29. The Morgan fingerprint density at radius 3 is 2.02 bits per heavy atom. The molecule has 236 valence electrons. The fraction of sp³-hybridized carbons (Fsp3) is 0.161. The van der Waals surface area contributed by atoms with Gasteiger partial charge in [0.2, 0.25) is 0 Å². The van der Waals surface area contributed by atoms with Gasteiger partial charge in [0.15, 0.2) is 0 Å². The number of halogens is 10. The molecule has 0 aliphatic heterocycles. The van der Waals surface area contributed by atoms with Gasteiger partial charge in [-0.05, 0) is 60.5 Å². The van der Waals surface area contributed by atoms with Gasteiger partial charge in [-0.25, -0.2) is 13.2 Å². The van der Waals surface area contributed by atoms with E-state index in [2.05, 4.69) is 29.1 Å². The number of carbonyl (C=O) groups excluding carboxylic acids is 1. The lowest BCUT2D eigenvalue weighted by Crippen LogP contribution is -2.33. The van der Waals surface area contributed by atoms with E-state index in [0.29, 0.717) is 30.3 Å². The number of ether oxygens (including phenoxy) is 1. The number of alkyl halides is 7. The first kappa shape index (κ1) is 34.4. The summed E-state index contributed by atoms with van der Waals surface area (Å²) in [5.41, 5.74) is -2.43. The Kier molecular flexibility index (Phi) is 10.8. The number of hydrogen-bond donors (Lipinski definition) is 1. The first-order valence-corrected chi connectivity index (χ1v) is 12.6. The minimum Gasteiger partial charge on any atom is -0.428 e. The summed E-state index contributed by atoms with van der Waals surface area (Å²) in [6.45, 7) is 2.08. The maximum atomic E-state index is 14.3. The zero-order valence-corrected chi connectivity index (χ0v) is 22.8. The van der Waals surface area contributed by atoms with Crippen molar-refractivity contribution in [2.75, 3.05) is 0 Å². The first-order chi connectivity index (χ1) is 21.0. The van der Waals surface area contributed by atoms with Crippen LogP contribution in [0.5, 0.6) is 5.75 Å². The molecule has 4 rings (SSSR count). The van der Waals surface area contributed by atoms with E-state index in [0.717, 1.165) is 18.2 Å². The molecule has 0 radical (unpaired) electrons. The second-order valence-corrected chi connectivity index (χ2v) is 9.29. The van der Waals surface area contributed by atoms with Gasteiger partial charge >= 0.3 is 18.7 Å². The SMILES string of the molecule is Cc1ccccc1.N#Cc1cc([C@@H](NC(=O)c2ccc(F)c(C(F)(F)F)c2)c2cc(F)cc(OC(F)(F)C(F)F)c2)ccc1F. The van der Waals surface area contributed by atoms with Crippen molar-refractivity contribution in [3.05, 3.63) is 136 Å². The van der Waals surface area contributed by atoms with E-state index < -0.39 is 76.1 Å². The summed E-state index contributed by atoms with van der Waals surface area (Å²) < 4.78 is 137. The molecule has 0 aromatic heterocycles. The third kappa shape index (κ3) is 9.21. The lowest BCUT2D eigenvalue weighted by molar-refractivity contribution is -0.253. The number of nitrogens with one attached hydrogen (secondary N) is 1. The van der Waals surface area contributed by atoms with E-state index in [-0.39, 0.29) is 11.6 Å². The van der Waals surface area contributed by atoms with Gasteiger partial charge in [-0.2, -0.15) is 36.0 Å². The average molecular weight is 642 g/mol. The van der Waals surface area contributed by atoms with Crippen LogP contribution >= 0.6 is 0 Å². The first-order valence-electron chi connectivity index (χ1n) is 12.6. The zero-order valence-electron chi connectivity index (χ0n) is 22.8. The Balaban J connectivity index is 0.000000693. The summed E-state index contributed by atoms with van der Waals surface area (Å²) in [6.07, 6.45) is -14.5. The van der Waals surface area contributed by atoms with E-state index in [4.69, 9.17) is 5.26 Å². The molecule has 4 aromatic rings. The van der Waals surface area contributed by atoms with Crippen molar-refractivity contribution in [2.45, 2.75) is 31.7 Å². The number of aryl methyl sites for hydroxylation is 1. The van der Waals surface area contributed by atoms with Crippen LogP contribution in [0.1, 0.15) is 44.2 Å². The van der Waals surface area contributed by atoms with Crippen LogP contribution in [0.25, 0.3) is 0 Å². The van der Waals surface area contributed by atoms with E-state index >= 15 is 0 Å². The van der Waals surface area contributed by atoms with E-state index in [1.807, 2.05) is 18.2 Å². The van der Waals surface area contributed by atoms with Crippen LogP contribution in [-0.2, 0) is 6.18 Å². The largest absolute Gasteiger partial charge is 0.461 e. The van der Waals surface area contributed by atoms with Crippen LogP contribution in [0.2, 0.25) is 0 Å². The topological polar surface area (TPSA) is 62.1 Å². The molecule has 4 aromatic carbocycles. The Bertz CT molecular complexity index is 1690. The van der Waals surface area contributed by atoms with Crippen molar-refractivity contribution < 1.29 is 53.4 Å². The predicted molar refractivity (Wildman–Crippen MR) is 141 cm³/mol. The monoisotopic (exact) mass is 642 g/mol. The van der Waals surface area contributed by atoms with Crippen molar-refractivity contribution in [3.8, 4) is 11.8 Å². The Morgan fingerprint density at radius 1 is 0.822 bits per heavy atom. The number of rotatable bonds is 7. The van der Waals surface area contributed by atoms with Gasteiger partial charge in [0.1, 0.15) is 29.3 Å². The number of nitrogens with zero attached hydrogens (tertiary/aromatic N) is 1. The van der Waals surface area contributed by atoms with Crippen molar-refractivity contribution in [3.63, 3.8) is 0 Å². The number of benzene rings is 4. The summed E-state index contributed by atoms with van der Waals surface area (Å²) in [4.78, 5) is 12.8. The van der Waals surface area contributed by atoms with Gasteiger partial charge in [0, 0.05) is 11.6 Å². The molecule has 0 saturated carbocycles. The number of carbonyl (C=O) groups is 1. The molecule has 0 fully saturated rings. The highest BCUT2D eigenvalue weighted by molar-refractivity contribution is 5.95. The average Bonchev–Trinajstić information content (AvgIpc) is 2.96. The molecular formula is C31H20F10N2O2. The minimum atomic E-state index is -5.18. The normalized spacial score (nSPS) is 12.1. The van der Waals surface area contributed by atoms with Gasteiger partial charge in [-0.1, -0.05) is 42.0 Å². The third-order valence-corrected chi connectivity index (χ3v) is 5.93. The molecular weight excluding hydrogens is 622 g/mol. The Hall–Kier alpha value is -5.06. The molecule has 1 amide bonds. The standard InChI is InChI=1S/C24H12F10N2O2.C7H8/c25-15-6-13(7-16(9-15)38-24(33,34)22(28)29)20(11-1-3-18(26)14(5-11)10-35)36-21(37)12-2-4-19(27)17(8-12)23(30,31)32;1-7-5-3-2-4-6-7/h1-9,20,22H,(H,36,37);2-6H,1H3/t20-;/m1./s1. The Morgan fingerprint density at radius 2 is 1.47 bits per heavy atom. The molecule has 0 heterocycles. The van der Waals surface area contributed by atoms with Gasteiger partial charge < -0.3 is 10.1 Å². The summed E-state index contributed by atoms with van der Waals surface area (Å²) in [7, 11) is 0. The van der Waals surface area contributed by atoms with Gasteiger partial charge in [-0.3, -0.25) is 4.79 Å². The minimum absolute atomic E-state index is 0.177. The number of nitriles is 1.